The molecule has 0 unspecified atom stereocenters. The lowest BCUT2D eigenvalue weighted by atomic mass is 9.93. The second-order valence-corrected chi connectivity index (χ2v) is 9.36. The van der Waals surface area contributed by atoms with Crippen LogP contribution in [-0.4, -0.2) is 25.1 Å². The van der Waals surface area contributed by atoms with Crippen molar-refractivity contribution in [2.45, 2.75) is 37.5 Å². The molecule has 3 rings (SSSR count). The molecule has 0 saturated heterocycles. The SMILES string of the molecule is C[C@H]1CCc2nc(NC(=O)CCS(=O)(=O)c3ccccc3)sc2C1. The minimum Gasteiger partial charge on any atom is -0.302 e. The summed E-state index contributed by atoms with van der Waals surface area (Å²) in [7, 11) is -3.44. The fourth-order valence-corrected chi connectivity index (χ4v) is 5.20. The Morgan fingerprint density at radius 1 is 1.33 bits per heavy atom. The average Bonchev–Trinajstić information content (AvgIpc) is 2.95. The second kappa shape index (κ2) is 7.03. The van der Waals surface area contributed by atoms with Gasteiger partial charge in [-0.15, -0.1) is 11.3 Å². The van der Waals surface area contributed by atoms with Crippen LogP contribution in [0.2, 0.25) is 0 Å². The van der Waals surface area contributed by atoms with Crippen molar-refractivity contribution in [3.05, 3.63) is 40.9 Å². The first-order valence-corrected chi connectivity index (χ1v) is 10.5. The van der Waals surface area contributed by atoms with Crippen LogP contribution in [0.5, 0.6) is 0 Å². The van der Waals surface area contributed by atoms with Crippen LogP contribution in [-0.2, 0) is 27.5 Å². The maximum Gasteiger partial charge on any atom is 0.227 e. The molecule has 1 atom stereocenters. The van der Waals surface area contributed by atoms with Crippen molar-refractivity contribution < 1.29 is 13.2 Å². The van der Waals surface area contributed by atoms with Crippen LogP contribution in [0.15, 0.2) is 35.2 Å². The van der Waals surface area contributed by atoms with Crippen molar-refractivity contribution >= 4 is 32.2 Å². The number of carbonyl (C=O) groups is 1. The number of rotatable bonds is 5. The third-order valence-corrected chi connectivity index (χ3v) is 6.90. The first-order chi connectivity index (χ1) is 11.4. The normalized spacial score (nSPS) is 17.3. The Morgan fingerprint density at radius 2 is 2.08 bits per heavy atom. The van der Waals surface area contributed by atoms with E-state index in [-0.39, 0.29) is 23.0 Å². The van der Waals surface area contributed by atoms with Crippen molar-refractivity contribution in [3.63, 3.8) is 0 Å². The number of fused-ring (bicyclic) bond motifs is 1. The Hall–Kier alpha value is -1.73. The predicted molar refractivity (Wildman–Crippen MR) is 95.0 cm³/mol. The average molecular weight is 364 g/mol. The summed E-state index contributed by atoms with van der Waals surface area (Å²) in [5, 5.41) is 3.32. The third-order valence-electron chi connectivity index (χ3n) is 4.13. The number of anilines is 1. The highest BCUT2D eigenvalue weighted by molar-refractivity contribution is 7.91. The molecule has 0 spiro atoms. The highest BCUT2D eigenvalue weighted by Crippen LogP contribution is 2.32. The van der Waals surface area contributed by atoms with Gasteiger partial charge in [0.05, 0.1) is 16.3 Å². The highest BCUT2D eigenvalue weighted by Gasteiger charge is 2.21. The summed E-state index contributed by atoms with van der Waals surface area (Å²) in [6.45, 7) is 2.22. The number of nitrogens with one attached hydrogen (secondary N) is 1. The molecule has 1 aromatic heterocycles. The fourth-order valence-electron chi connectivity index (χ4n) is 2.75. The van der Waals surface area contributed by atoms with E-state index in [4.69, 9.17) is 0 Å². The van der Waals surface area contributed by atoms with E-state index in [1.165, 1.54) is 16.2 Å². The zero-order chi connectivity index (χ0) is 17.2. The van der Waals surface area contributed by atoms with Gasteiger partial charge in [-0.05, 0) is 37.3 Å². The Morgan fingerprint density at radius 3 is 2.83 bits per heavy atom. The lowest BCUT2D eigenvalue weighted by molar-refractivity contribution is -0.115. The maximum absolute atomic E-state index is 12.2. The quantitative estimate of drug-likeness (QED) is 0.885. The smallest absolute Gasteiger partial charge is 0.227 e. The molecule has 7 heteroatoms. The van der Waals surface area contributed by atoms with Gasteiger partial charge in [-0.2, -0.15) is 0 Å². The molecule has 0 aliphatic heterocycles. The van der Waals surface area contributed by atoms with Gasteiger partial charge in [-0.3, -0.25) is 4.79 Å². The number of hydrogen-bond acceptors (Lipinski definition) is 5. The van der Waals surface area contributed by atoms with Crippen LogP contribution in [0, 0.1) is 5.92 Å². The fraction of sp³-hybridized carbons (Fsp3) is 0.412. The molecule has 2 aromatic rings. The molecule has 0 radical (unpaired) electrons. The van der Waals surface area contributed by atoms with Crippen LogP contribution >= 0.6 is 11.3 Å². The summed E-state index contributed by atoms with van der Waals surface area (Å²) in [5.41, 5.74) is 1.07. The number of hydrogen-bond donors (Lipinski definition) is 1. The molecule has 1 aliphatic rings. The van der Waals surface area contributed by atoms with E-state index in [0.29, 0.717) is 11.0 Å². The standard InChI is InChI=1S/C17H20N2O3S2/c1-12-7-8-14-15(11-12)23-17(18-14)19-16(20)9-10-24(21,22)13-5-3-2-4-6-13/h2-6,12H,7-11H2,1H3,(H,18,19,20)/t12-/m0/s1. The Bertz CT molecular complexity index is 829. The largest absolute Gasteiger partial charge is 0.302 e. The molecule has 1 heterocycles. The second-order valence-electron chi connectivity index (χ2n) is 6.17. The molecule has 1 aliphatic carbocycles. The first kappa shape index (κ1) is 17.1. The summed E-state index contributed by atoms with van der Waals surface area (Å²) in [5.74, 6) is 0.136. The molecule has 128 valence electrons. The van der Waals surface area contributed by atoms with Crippen molar-refractivity contribution in [3.8, 4) is 0 Å². The van der Waals surface area contributed by atoms with Gasteiger partial charge in [-0.25, -0.2) is 13.4 Å². The highest BCUT2D eigenvalue weighted by atomic mass is 32.2. The lowest BCUT2D eigenvalue weighted by Crippen LogP contribution is -2.17. The van der Waals surface area contributed by atoms with Gasteiger partial charge >= 0.3 is 0 Å². The molecule has 1 N–H and O–H groups in total. The summed E-state index contributed by atoms with van der Waals surface area (Å²) in [6.07, 6.45) is 3.01. The van der Waals surface area contributed by atoms with Gasteiger partial charge in [0.25, 0.3) is 0 Å². The molecular formula is C17H20N2O3S2. The third kappa shape index (κ3) is 4.02. The van der Waals surface area contributed by atoms with Crippen molar-refractivity contribution in [2.24, 2.45) is 5.92 Å². The number of aromatic nitrogens is 1. The van der Waals surface area contributed by atoms with Crippen LogP contribution < -0.4 is 5.32 Å². The molecule has 0 bridgehead atoms. The van der Waals surface area contributed by atoms with E-state index in [0.717, 1.165) is 25.0 Å². The number of benzene rings is 1. The number of aryl methyl sites for hydroxylation is 1. The Kier molecular flexibility index (Phi) is 5.01. The lowest BCUT2D eigenvalue weighted by Gasteiger charge is -2.15. The van der Waals surface area contributed by atoms with Crippen LogP contribution in [0.1, 0.15) is 30.3 Å². The zero-order valence-corrected chi connectivity index (χ0v) is 15.1. The van der Waals surface area contributed by atoms with E-state index in [1.807, 2.05) is 0 Å². The van der Waals surface area contributed by atoms with E-state index < -0.39 is 9.84 Å². The summed E-state index contributed by atoms with van der Waals surface area (Å²) >= 11 is 1.50. The molecule has 1 aromatic carbocycles. The summed E-state index contributed by atoms with van der Waals surface area (Å²) in [6, 6.07) is 8.20. The Labute approximate surface area is 146 Å². The molecule has 5 nitrogen and oxygen atoms in total. The molecule has 24 heavy (non-hydrogen) atoms. The summed E-state index contributed by atoms with van der Waals surface area (Å²) < 4.78 is 24.4. The topological polar surface area (TPSA) is 76.1 Å². The van der Waals surface area contributed by atoms with Crippen molar-refractivity contribution in [2.75, 3.05) is 11.1 Å². The monoisotopic (exact) mass is 364 g/mol. The maximum atomic E-state index is 12.2. The molecule has 0 saturated carbocycles. The molecule has 1 amide bonds. The first-order valence-electron chi connectivity index (χ1n) is 8.00. The van der Waals surface area contributed by atoms with E-state index in [1.54, 1.807) is 30.3 Å². The summed E-state index contributed by atoms with van der Waals surface area (Å²) in [4.78, 5) is 18.0. The number of carbonyl (C=O) groups excluding carboxylic acids is 1. The number of thiazole rings is 1. The molecule has 0 fully saturated rings. The number of nitrogens with zero attached hydrogens (tertiary/aromatic N) is 1. The zero-order valence-electron chi connectivity index (χ0n) is 13.5. The van der Waals surface area contributed by atoms with Crippen LogP contribution in [0.25, 0.3) is 0 Å². The minimum atomic E-state index is -3.44. The minimum absolute atomic E-state index is 0.0716. The predicted octanol–water partition coefficient (Wildman–Crippen LogP) is 3.07. The van der Waals surface area contributed by atoms with Crippen molar-refractivity contribution in [1.29, 1.82) is 0 Å². The van der Waals surface area contributed by atoms with Gasteiger partial charge in [0.1, 0.15) is 0 Å². The molecular weight excluding hydrogens is 344 g/mol. The van der Waals surface area contributed by atoms with E-state index in [9.17, 15) is 13.2 Å². The van der Waals surface area contributed by atoms with Gasteiger partial charge < -0.3 is 5.32 Å². The van der Waals surface area contributed by atoms with Gasteiger partial charge in [0.15, 0.2) is 15.0 Å². The van der Waals surface area contributed by atoms with Gasteiger partial charge in [-0.1, -0.05) is 25.1 Å². The number of sulfone groups is 1. The van der Waals surface area contributed by atoms with Crippen LogP contribution in [0.4, 0.5) is 5.13 Å². The van der Waals surface area contributed by atoms with Crippen molar-refractivity contribution in [1.82, 2.24) is 4.98 Å². The van der Waals surface area contributed by atoms with Gasteiger partial charge in [0, 0.05) is 11.3 Å². The van der Waals surface area contributed by atoms with E-state index in [2.05, 4.69) is 17.2 Å². The Balaban J connectivity index is 1.59. The number of amides is 1. The van der Waals surface area contributed by atoms with E-state index >= 15 is 0 Å². The van der Waals surface area contributed by atoms with Gasteiger partial charge in [0.2, 0.25) is 5.91 Å². The van der Waals surface area contributed by atoms with Crippen LogP contribution in [0.3, 0.4) is 0 Å².